The van der Waals surface area contributed by atoms with Crippen LogP contribution in [0.1, 0.15) is 6.92 Å². The van der Waals surface area contributed by atoms with Gasteiger partial charge in [-0.15, -0.1) is 0 Å². The molecule has 18 heavy (non-hydrogen) atoms. The van der Waals surface area contributed by atoms with Gasteiger partial charge in [0.05, 0.1) is 6.16 Å². The van der Waals surface area contributed by atoms with Gasteiger partial charge in [0.25, 0.3) is 0 Å². The fourth-order valence-corrected chi connectivity index (χ4v) is 2.63. The van der Waals surface area contributed by atoms with Crippen molar-refractivity contribution in [3.8, 4) is 5.75 Å². The minimum Gasteiger partial charge on any atom is -0.489 e. The molecule has 0 radical (unpaired) electrons. The molecule has 96 valence electrons. The van der Waals surface area contributed by atoms with Crippen molar-refractivity contribution >= 4 is 18.4 Å². The van der Waals surface area contributed by atoms with Crippen molar-refractivity contribution in [2.75, 3.05) is 6.16 Å². The first-order valence-electron chi connectivity index (χ1n) is 5.65. The Kier molecular flexibility index (Phi) is 3.71. The molecule has 4 nitrogen and oxygen atoms in total. The fourth-order valence-electron chi connectivity index (χ4n) is 1.89. The van der Waals surface area contributed by atoms with Crippen LogP contribution in [-0.2, 0) is 4.57 Å². The van der Waals surface area contributed by atoms with Crippen LogP contribution in [0.2, 0.25) is 0 Å². The summed E-state index contributed by atoms with van der Waals surface area (Å²) < 4.78 is 16.5. The molecule has 1 unspecified atom stereocenters. The Morgan fingerprint density at radius 3 is 2.56 bits per heavy atom. The minimum atomic E-state index is -4.04. The lowest BCUT2D eigenvalue weighted by Gasteiger charge is -2.16. The molecule has 0 fully saturated rings. The predicted octanol–water partition coefficient (Wildman–Crippen LogP) is 2.78. The Morgan fingerprint density at radius 1 is 1.17 bits per heavy atom. The number of ether oxygens (including phenoxy) is 1. The van der Waals surface area contributed by atoms with Crippen molar-refractivity contribution in [2.45, 2.75) is 13.0 Å². The van der Waals surface area contributed by atoms with Crippen molar-refractivity contribution in [3.63, 3.8) is 0 Å². The first-order valence-corrected chi connectivity index (χ1v) is 7.44. The van der Waals surface area contributed by atoms with Crippen LogP contribution in [0.4, 0.5) is 0 Å². The van der Waals surface area contributed by atoms with Crippen LogP contribution in [0.5, 0.6) is 5.75 Å². The van der Waals surface area contributed by atoms with Gasteiger partial charge in [0, 0.05) is 5.39 Å². The summed E-state index contributed by atoms with van der Waals surface area (Å²) in [5.74, 6) is 0.647. The van der Waals surface area contributed by atoms with E-state index >= 15 is 0 Å². The lowest BCUT2D eigenvalue weighted by Crippen LogP contribution is -2.17. The summed E-state index contributed by atoms with van der Waals surface area (Å²) in [6.45, 7) is 1.65. The molecular weight excluding hydrogens is 251 g/mol. The highest BCUT2D eigenvalue weighted by Crippen LogP contribution is 2.36. The molecule has 0 amide bonds. The molecule has 1 atom stereocenters. The molecule has 0 saturated heterocycles. The third-order valence-electron chi connectivity index (χ3n) is 2.57. The van der Waals surface area contributed by atoms with Crippen LogP contribution >= 0.6 is 7.60 Å². The second-order valence-corrected chi connectivity index (χ2v) is 5.95. The number of rotatable bonds is 4. The Morgan fingerprint density at radius 2 is 1.83 bits per heavy atom. The highest BCUT2D eigenvalue weighted by Gasteiger charge is 2.19. The van der Waals surface area contributed by atoms with Gasteiger partial charge < -0.3 is 14.5 Å². The molecule has 2 aromatic rings. The van der Waals surface area contributed by atoms with Gasteiger partial charge in [0.15, 0.2) is 0 Å². The van der Waals surface area contributed by atoms with Crippen molar-refractivity contribution in [2.24, 2.45) is 0 Å². The van der Waals surface area contributed by atoms with E-state index in [9.17, 15) is 4.57 Å². The number of fused-ring (bicyclic) bond motifs is 1. The van der Waals surface area contributed by atoms with Gasteiger partial charge in [-0.25, -0.2) is 0 Å². The summed E-state index contributed by atoms with van der Waals surface area (Å²) in [5.41, 5.74) is 0. The van der Waals surface area contributed by atoms with E-state index in [1.807, 2.05) is 36.4 Å². The second-order valence-electron chi connectivity index (χ2n) is 4.25. The third kappa shape index (κ3) is 3.33. The van der Waals surface area contributed by atoms with E-state index < -0.39 is 13.7 Å². The highest BCUT2D eigenvalue weighted by molar-refractivity contribution is 7.51. The van der Waals surface area contributed by atoms with Gasteiger partial charge in [-0.3, -0.25) is 4.57 Å². The molecule has 0 aliphatic heterocycles. The minimum absolute atomic E-state index is 0.282. The fraction of sp³-hybridized carbons (Fsp3) is 0.231. The van der Waals surface area contributed by atoms with E-state index in [0.717, 1.165) is 10.8 Å². The van der Waals surface area contributed by atoms with Crippen molar-refractivity contribution in [3.05, 3.63) is 42.5 Å². The van der Waals surface area contributed by atoms with E-state index in [0.29, 0.717) is 5.75 Å². The van der Waals surface area contributed by atoms with Crippen LogP contribution in [0.15, 0.2) is 42.5 Å². The van der Waals surface area contributed by atoms with Crippen LogP contribution in [0.25, 0.3) is 10.8 Å². The molecule has 2 N–H and O–H groups in total. The van der Waals surface area contributed by atoms with Crippen molar-refractivity contribution in [1.29, 1.82) is 0 Å². The SMILES string of the molecule is CC(CP(=O)(O)O)Oc1cccc2ccccc12. The van der Waals surface area contributed by atoms with Gasteiger partial charge in [-0.05, 0) is 18.4 Å². The van der Waals surface area contributed by atoms with E-state index in [1.165, 1.54) is 0 Å². The quantitative estimate of drug-likeness (QED) is 0.835. The number of benzene rings is 2. The van der Waals surface area contributed by atoms with Crippen LogP contribution in [0.3, 0.4) is 0 Å². The molecule has 0 spiro atoms. The summed E-state index contributed by atoms with van der Waals surface area (Å²) in [5, 5.41) is 1.98. The smallest absolute Gasteiger partial charge is 0.329 e. The monoisotopic (exact) mass is 266 g/mol. The zero-order valence-electron chi connectivity index (χ0n) is 9.98. The first kappa shape index (κ1) is 13.1. The molecule has 0 aromatic heterocycles. The summed E-state index contributed by atoms with van der Waals surface area (Å²) in [6.07, 6.45) is -0.812. The maximum absolute atomic E-state index is 10.9. The third-order valence-corrected chi connectivity index (χ3v) is 3.56. The molecule has 2 aromatic carbocycles. The Balaban J connectivity index is 2.24. The predicted molar refractivity (Wildman–Crippen MR) is 70.9 cm³/mol. The highest BCUT2D eigenvalue weighted by atomic mass is 31.2. The Hall–Kier alpha value is -1.35. The Labute approximate surface area is 105 Å². The van der Waals surface area contributed by atoms with Gasteiger partial charge in [-0.2, -0.15) is 0 Å². The number of hydrogen-bond acceptors (Lipinski definition) is 2. The summed E-state index contributed by atoms with van der Waals surface area (Å²) >= 11 is 0. The van der Waals surface area contributed by atoms with Gasteiger partial charge >= 0.3 is 7.60 Å². The van der Waals surface area contributed by atoms with E-state index in [-0.39, 0.29) is 6.16 Å². The maximum Gasteiger partial charge on any atom is 0.329 e. The topological polar surface area (TPSA) is 66.8 Å². The molecule has 0 aliphatic carbocycles. The van der Waals surface area contributed by atoms with E-state index in [4.69, 9.17) is 14.5 Å². The number of hydrogen-bond donors (Lipinski definition) is 2. The normalized spacial score (nSPS) is 13.5. The van der Waals surface area contributed by atoms with Gasteiger partial charge in [-0.1, -0.05) is 36.4 Å². The van der Waals surface area contributed by atoms with Crippen LogP contribution in [-0.4, -0.2) is 22.1 Å². The molecule has 0 bridgehead atoms. The molecule has 2 rings (SSSR count). The molecule has 0 aliphatic rings. The first-order chi connectivity index (χ1) is 8.46. The average Bonchev–Trinajstić information content (AvgIpc) is 2.27. The molecular formula is C13H15O4P. The van der Waals surface area contributed by atoms with E-state index in [1.54, 1.807) is 13.0 Å². The van der Waals surface area contributed by atoms with E-state index in [2.05, 4.69) is 0 Å². The zero-order valence-corrected chi connectivity index (χ0v) is 10.9. The Bertz CT molecular complexity index is 585. The summed E-state index contributed by atoms with van der Waals surface area (Å²) in [6, 6.07) is 13.4. The van der Waals surface area contributed by atoms with Crippen LogP contribution in [0, 0.1) is 0 Å². The lowest BCUT2D eigenvalue weighted by atomic mass is 10.1. The average molecular weight is 266 g/mol. The standard InChI is InChI=1S/C13H15O4P/c1-10(9-18(14,15)16)17-13-8-4-6-11-5-2-3-7-12(11)13/h2-8,10H,9H2,1H3,(H2,14,15,16). The van der Waals surface area contributed by atoms with Gasteiger partial charge in [0.1, 0.15) is 11.9 Å². The largest absolute Gasteiger partial charge is 0.489 e. The van der Waals surface area contributed by atoms with Gasteiger partial charge in [0.2, 0.25) is 0 Å². The molecule has 0 saturated carbocycles. The van der Waals surface area contributed by atoms with Crippen molar-refractivity contribution in [1.82, 2.24) is 0 Å². The molecule has 5 heteroatoms. The molecule has 0 heterocycles. The lowest BCUT2D eigenvalue weighted by molar-refractivity contribution is 0.235. The van der Waals surface area contributed by atoms with Crippen molar-refractivity contribution < 1.29 is 19.1 Å². The van der Waals surface area contributed by atoms with Crippen LogP contribution < -0.4 is 4.74 Å². The summed E-state index contributed by atoms with van der Waals surface area (Å²) in [4.78, 5) is 17.8. The second kappa shape index (κ2) is 5.11. The zero-order chi connectivity index (χ0) is 13.2. The summed E-state index contributed by atoms with van der Waals surface area (Å²) in [7, 11) is -4.04. The maximum atomic E-state index is 10.9.